The van der Waals surface area contributed by atoms with Gasteiger partial charge >= 0.3 is 11.9 Å². The Balaban J connectivity index is 3.86. The van der Waals surface area contributed by atoms with Crippen molar-refractivity contribution in [1.29, 1.82) is 0 Å². The summed E-state index contributed by atoms with van der Waals surface area (Å²) in [5.41, 5.74) is 0. The van der Waals surface area contributed by atoms with Crippen LogP contribution in [0.15, 0.2) is 48.6 Å². The van der Waals surface area contributed by atoms with Crippen molar-refractivity contribution >= 4 is 11.9 Å². The molecule has 41 heavy (non-hydrogen) atoms. The highest BCUT2D eigenvalue weighted by Gasteiger charge is 2.16. The van der Waals surface area contributed by atoms with Gasteiger partial charge in [-0.3, -0.25) is 9.59 Å². The molecule has 0 aliphatic rings. The Hall–Kier alpha value is -2.18. The zero-order valence-electron chi connectivity index (χ0n) is 26.2. The molecule has 0 aromatic carbocycles. The Morgan fingerprint density at radius 3 is 1.95 bits per heavy atom. The van der Waals surface area contributed by atoms with Crippen molar-refractivity contribution in [2.75, 3.05) is 13.2 Å². The van der Waals surface area contributed by atoms with Crippen molar-refractivity contribution in [2.45, 2.75) is 148 Å². The normalized spacial score (nSPS) is 13.6. The molecule has 0 aliphatic heterocycles. The van der Waals surface area contributed by atoms with Gasteiger partial charge in [0.25, 0.3) is 0 Å². The number of unbranched alkanes of at least 4 members (excludes halogenated alkanes) is 11. The van der Waals surface area contributed by atoms with E-state index in [-0.39, 0.29) is 19.0 Å². The summed E-state index contributed by atoms with van der Waals surface area (Å²) in [5.74, 6) is -0.801. The van der Waals surface area contributed by atoms with Gasteiger partial charge in [-0.1, -0.05) is 127 Å². The third-order valence-corrected chi connectivity index (χ3v) is 6.73. The molecule has 6 heteroatoms. The molecule has 0 aromatic rings. The predicted octanol–water partition coefficient (Wildman–Crippen LogP) is 8.47. The Bertz CT molecular complexity index is 724. The fourth-order valence-corrected chi connectivity index (χ4v) is 4.18. The molecular weight excluding hydrogens is 516 g/mol. The van der Waals surface area contributed by atoms with E-state index >= 15 is 0 Å². The molecule has 0 heterocycles. The molecule has 0 saturated heterocycles. The number of carbonyl (C=O) groups is 2. The molecule has 2 N–H and O–H groups in total. The van der Waals surface area contributed by atoms with Crippen molar-refractivity contribution in [1.82, 2.24) is 0 Å². The summed E-state index contributed by atoms with van der Waals surface area (Å²) in [6.07, 6.45) is 33.4. The Morgan fingerprint density at radius 2 is 1.27 bits per heavy atom. The fourth-order valence-electron chi connectivity index (χ4n) is 4.18. The molecule has 0 amide bonds. The van der Waals surface area contributed by atoms with Crippen LogP contribution in [0.3, 0.4) is 0 Å². The second-order valence-corrected chi connectivity index (χ2v) is 10.7. The standard InChI is InChI=1S/C35H60O6/c1-3-5-7-9-11-13-14-15-16-18-19-21-23-26-32(37)27-25-29-35(39)41-33(30-36)31-40-34(38)28-24-22-20-17-12-10-8-6-4-2/h11,13,15-16,19,21,23,26,32-33,36-37H,3-10,12,14,17-18,20,22,24-25,27-31H2,1-2H3/b13-11-,16-15-,21-19-,26-23+/t32-,33-/m0/s1. The maximum absolute atomic E-state index is 12.1. The van der Waals surface area contributed by atoms with Gasteiger partial charge in [-0.2, -0.15) is 0 Å². The number of esters is 2. The van der Waals surface area contributed by atoms with Gasteiger partial charge in [-0.25, -0.2) is 0 Å². The van der Waals surface area contributed by atoms with Crippen LogP contribution < -0.4 is 0 Å². The molecule has 0 unspecified atom stereocenters. The van der Waals surface area contributed by atoms with Crippen LogP contribution in [0.5, 0.6) is 0 Å². The summed E-state index contributed by atoms with van der Waals surface area (Å²) >= 11 is 0. The Morgan fingerprint density at radius 1 is 0.683 bits per heavy atom. The highest BCUT2D eigenvalue weighted by Crippen LogP contribution is 2.11. The van der Waals surface area contributed by atoms with Gasteiger partial charge in [0.1, 0.15) is 6.61 Å². The monoisotopic (exact) mass is 576 g/mol. The number of rotatable bonds is 28. The lowest BCUT2D eigenvalue weighted by Gasteiger charge is -2.16. The molecule has 0 bridgehead atoms. The van der Waals surface area contributed by atoms with Gasteiger partial charge in [0, 0.05) is 12.8 Å². The summed E-state index contributed by atoms with van der Waals surface area (Å²) in [5, 5.41) is 19.6. The predicted molar refractivity (Wildman–Crippen MR) is 170 cm³/mol. The number of carbonyl (C=O) groups excluding carboxylic acids is 2. The molecule has 236 valence electrons. The van der Waals surface area contributed by atoms with Crippen molar-refractivity contribution in [3.63, 3.8) is 0 Å². The van der Waals surface area contributed by atoms with Crippen molar-refractivity contribution in [3.8, 4) is 0 Å². The van der Waals surface area contributed by atoms with E-state index in [0.717, 1.165) is 38.5 Å². The van der Waals surface area contributed by atoms with Gasteiger partial charge in [0.05, 0.1) is 12.7 Å². The van der Waals surface area contributed by atoms with E-state index in [0.29, 0.717) is 19.3 Å². The SMILES string of the molecule is CCCCC/C=C\C/C=C\C/C=C\C=C\[C@H](O)CCCC(=O)O[C@@H](CO)COC(=O)CCCCCCCCCCC. The maximum Gasteiger partial charge on any atom is 0.306 e. The first kappa shape index (κ1) is 38.8. The van der Waals surface area contributed by atoms with E-state index in [9.17, 15) is 19.8 Å². The summed E-state index contributed by atoms with van der Waals surface area (Å²) in [6.45, 7) is 3.89. The van der Waals surface area contributed by atoms with E-state index in [4.69, 9.17) is 9.47 Å². The summed E-state index contributed by atoms with van der Waals surface area (Å²) < 4.78 is 10.4. The van der Waals surface area contributed by atoms with Crippen LogP contribution in [0, 0.1) is 0 Å². The van der Waals surface area contributed by atoms with Gasteiger partial charge < -0.3 is 19.7 Å². The molecule has 2 atom stereocenters. The van der Waals surface area contributed by atoms with E-state index in [1.165, 1.54) is 57.8 Å². The van der Waals surface area contributed by atoms with Crippen LogP contribution in [-0.2, 0) is 19.1 Å². The second kappa shape index (κ2) is 30.8. The number of aliphatic hydroxyl groups is 2. The van der Waals surface area contributed by atoms with E-state index in [2.05, 4.69) is 38.2 Å². The number of ether oxygens (including phenoxy) is 2. The molecule has 0 spiro atoms. The minimum Gasteiger partial charge on any atom is -0.462 e. The van der Waals surface area contributed by atoms with Crippen molar-refractivity contribution < 1.29 is 29.3 Å². The summed E-state index contributed by atoms with van der Waals surface area (Å²) in [7, 11) is 0. The maximum atomic E-state index is 12.1. The van der Waals surface area contributed by atoms with Crippen LogP contribution in [0.4, 0.5) is 0 Å². The van der Waals surface area contributed by atoms with E-state index < -0.39 is 24.8 Å². The van der Waals surface area contributed by atoms with Crippen molar-refractivity contribution in [2.24, 2.45) is 0 Å². The first-order valence-corrected chi connectivity index (χ1v) is 16.3. The van der Waals surface area contributed by atoms with Gasteiger partial charge in [-0.05, 0) is 44.9 Å². The molecule has 0 radical (unpaired) electrons. The zero-order valence-corrected chi connectivity index (χ0v) is 26.2. The second-order valence-electron chi connectivity index (χ2n) is 10.7. The zero-order chi connectivity index (χ0) is 30.2. The average Bonchev–Trinajstić information content (AvgIpc) is 2.96. The average molecular weight is 577 g/mol. The number of hydrogen-bond acceptors (Lipinski definition) is 6. The third kappa shape index (κ3) is 29.1. The first-order valence-electron chi connectivity index (χ1n) is 16.3. The van der Waals surface area contributed by atoms with Gasteiger partial charge in [0.15, 0.2) is 6.10 Å². The minimum absolute atomic E-state index is 0.126. The van der Waals surface area contributed by atoms with Crippen LogP contribution >= 0.6 is 0 Å². The lowest BCUT2D eigenvalue weighted by Crippen LogP contribution is -2.28. The quantitative estimate of drug-likeness (QED) is 0.0420. The largest absolute Gasteiger partial charge is 0.462 e. The summed E-state index contributed by atoms with van der Waals surface area (Å²) in [6, 6.07) is 0. The topological polar surface area (TPSA) is 93.1 Å². The number of hydrogen-bond donors (Lipinski definition) is 2. The molecular formula is C35H60O6. The molecule has 6 nitrogen and oxygen atoms in total. The lowest BCUT2D eigenvalue weighted by molar-refractivity contribution is -0.161. The van der Waals surface area contributed by atoms with Crippen molar-refractivity contribution in [3.05, 3.63) is 48.6 Å². The third-order valence-electron chi connectivity index (χ3n) is 6.73. The lowest BCUT2D eigenvalue weighted by atomic mass is 10.1. The Labute approximate surface area is 251 Å². The highest BCUT2D eigenvalue weighted by atomic mass is 16.6. The Kier molecular flexibility index (Phi) is 29.1. The van der Waals surface area contributed by atoms with E-state index in [1.54, 1.807) is 6.08 Å². The van der Waals surface area contributed by atoms with Gasteiger partial charge in [-0.15, -0.1) is 0 Å². The molecule has 0 aromatic heterocycles. The van der Waals surface area contributed by atoms with E-state index in [1.807, 2.05) is 18.2 Å². The van der Waals surface area contributed by atoms with Crippen LogP contribution in [0.2, 0.25) is 0 Å². The van der Waals surface area contributed by atoms with Crippen LogP contribution in [0.25, 0.3) is 0 Å². The number of allylic oxidation sites excluding steroid dienone is 7. The molecule has 0 rings (SSSR count). The highest BCUT2D eigenvalue weighted by molar-refractivity contribution is 5.70. The van der Waals surface area contributed by atoms with Crippen LogP contribution in [-0.4, -0.2) is 47.6 Å². The van der Waals surface area contributed by atoms with Crippen LogP contribution in [0.1, 0.15) is 136 Å². The molecule has 0 aliphatic carbocycles. The first-order chi connectivity index (χ1) is 20.0. The molecule has 0 fully saturated rings. The minimum atomic E-state index is -0.861. The fraction of sp³-hybridized carbons (Fsp3) is 0.714. The summed E-state index contributed by atoms with van der Waals surface area (Å²) in [4.78, 5) is 24.0. The smallest absolute Gasteiger partial charge is 0.306 e. The number of aliphatic hydroxyl groups excluding tert-OH is 2. The van der Waals surface area contributed by atoms with Gasteiger partial charge in [0.2, 0.25) is 0 Å². The molecule has 0 saturated carbocycles.